The third-order valence-electron chi connectivity index (χ3n) is 5.73. The summed E-state index contributed by atoms with van der Waals surface area (Å²) in [5.41, 5.74) is 5.16. The van der Waals surface area contributed by atoms with Crippen molar-refractivity contribution in [2.75, 3.05) is 0 Å². The van der Waals surface area contributed by atoms with Gasteiger partial charge in [-0.05, 0) is 60.5 Å². The molecule has 0 saturated heterocycles. The predicted octanol–water partition coefficient (Wildman–Crippen LogP) is 5.24. The molecule has 33 heavy (non-hydrogen) atoms. The maximum absolute atomic E-state index is 12.7. The Kier molecular flexibility index (Phi) is 4.73. The monoisotopic (exact) mass is 433 g/mol. The van der Waals surface area contributed by atoms with Gasteiger partial charge in [-0.2, -0.15) is 5.26 Å². The molecule has 0 aliphatic heterocycles. The van der Waals surface area contributed by atoms with Crippen LogP contribution in [0.4, 0.5) is 0 Å². The molecule has 5 rings (SSSR count). The molecular weight excluding hydrogens is 414 g/mol. The Bertz CT molecular complexity index is 1600. The second-order valence-electron chi connectivity index (χ2n) is 7.88. The molecule has 2 aromatic heterocycles. The summed E-state index contributed by atoms with van der Waals surface area (Å²) in [6, 6.07) is 23.3. The van der Waals surface area contributed by atoms with Gasteiger partial charge in [-0.25, -0.2) is 0 Å². The summed E-state index contributed by atoms with van der Waals surface area (Å²) in [6.45, 7) is 1.97. The number of rotatable bonds is 3. The average Bonchev–Trinajstić information content (AvgIpc) is 3.25. The van der Waals surface area contributed by atoms with Crippen LogP contribution in [0.2, 0.25) is 0 Å². The lowest BCUT2D eigenvalue weighted by molar-refractivity contribution is 0.477. The van der Waals surface area contributed by atoms with Crippen molar-refractivity contribution in [1.29, 1.82) is 5.26 Å². The number of phenols is 1. The van der Waals surface area contributed by atoms with Crippen LogP contribution >= 0.6 is 0 Å². The summed E-state index contributed by atoms with van der Waals surface area (Å²) in [6.07, 6.45) is 1.78. The molecule has 0 saturated carbocycles. The van der Waals surface area contributed by atoms with Crippen molar-refractivity contribution >= 4 is 11.0 Å². The summed E-state index contributed by atoms with van der Waals surface area (Å²) in [5, 5.41) is 30.3. The predicted molar refractivity (Wildman–Crippen MR) is 128 cm³/mol. The van der Waals surface area contributed by atoms with Gasteiger partial charge in [0, 0.05) is 17.4 Å². The molecule has 0 atom stereocenters. The highest BCUT2D eigenvalue weighted by Crippen LogP contribution is 2.35. The second-order valence-corrected chi connectivity index (χ2v) is 7.88. The van der Waals surface area contributed by atoms with Gasteiger partial charge in [-0.15, -0.1) is 0 Å². The number of fused-ring (bicyclic) bond motifs is 1. The van der Waals surface area contributed by atoms with Crippen LogP contribution in [-0.2, 0) is 0 Å². The number of aromatic amines is 1. The molecule has 6 heteroatoms. The van der Waals surface area contributed by atoms with E-state index in [1.54, 1.807) is 47.2 Å². The van der Waals surface area contributed by atoms with Crippen molar-refractivity contribution in [3.63, 3.8) is 0 Å². The minimum Gasteiger partial charge on any atom is -0.507 e. The fraction of sp³-hybridized carbons (Fsp3) is 0.0370. The molecule has 0 amide bonds. The number of aryl methyl sites for hydroxylation is 1. The fourth-order valence-corrected chi connectivity index (χ4v) is 4.06. The second kappa shape index (κ2) is 7.74. The lowest BCUT2D eigenvalue weighted by Crippen LogP contribution is -2.09. The minimum absolute atomic E-state index is 0.135. The van der Waals surface area contributed by atoms with Gasteiger partial charge >= 0.3 is 0 Å². The number of aromatic nitrogens is 2. The summed E-state index contributed by atoms with van der Waals surface area (Å²) >= 11 is 0. The molecule has 2 heterocycles. The third kappa shape index (κ3) is 3.42. The normalized spacial score (nSPS) is 10.9. The molecule has 3 aromatic carbocycles. The molecule has 0 aliphatic rings. The molecule has 0 radical (unpaired) electrons. The Morgan fingerprint density at radius 1 is 0.909 bits per heavy atom. The first kappa shape index (κ1) is 20.2. The Balaban J connectivity index is 1.63. The van der Waals surface area contributed by atoms with E-state index in [1.165, 1.54) is 0 Å². The van der Waals surface area contributed by atoms with Gasteiger partial charge < -0.3 is 19.8 Å². The Hall–Kier alpha value is -4.76. The van der Waals surface area contributed by atoms with Crippen LogP contribution in [0, 0.1) is 18.3 Å². The Morgan fingerprint density at radius 2 is 1.61 bits per heavy atom. The number of aromatic hydroxyl groups is 2. The molecule has 160 valence electrons. The molecular formula is C27H19N3O3. The summed E-state index contributed by atoms with van der Waals surface area (Å²) in [7, 11) is 0. The van der Waals surface area contributed by atoms with Crippen LogP contribution in [0.3, 0.4) is 0 Å². The van der Waals surface area contributed by atoms with Gasteiger partial charge in [0.2, 0.25) is 0 Å². The van der Waals surface area contributed by atoms with Crippen LogP contribution in [0.5, 0.6) is 11.5 Å². The Labute approximate surface area is 189 Å². The van der Waals surface area contributed by atoms with E-state index in [1.807, 2.05) is 49.4 Å². The van der Waals surface area contributed by atoms with E-state index >= 15 is 0 Å². The number of hydrogen-bond donors (Lipinski definition) is 3. The quantitative estimate of drug-likeness (QED) is 0.362. The first-order chi connectivity index (χ1) is 16.0. The van der Waals surface area contributed by atoms with Gasteiger partial charge in [-0.3, -0.25) is 4.79 Å². The van der Waals surface area contributed by atoms with Gasteiger partial charge in [-0.1, -0.05) is 35.9 Å². The van der Waals surface area contributed by atoms with Crippen LogP contribution in [0.25, 0.3) is 39.0 Å². The minimum atomic E-state index is -0.410. The van der Waals surface area contributed by atoms with Crippen molar-refractivity contribution < 1.29 is 10.2 Å². The first-order valence-electron chi connectivity index (χ1n) is 10.3. The number of nitrogens with zero attached hydrogens (tertiary/aromatic N) is 2. The van der Waals surface area contributed by atoms with E-state index in [2.05, 4.69) is 4.98 Å². The van der Waals surface area contributed by atoms with Crippen molar-refractivity contribution in [1.82, 2.24) is 9.55 Å². The fourth-order valence-electron chi connectivity index (χ4n) is 4.06. The van der Waals surface area contributed by atoms with Gasteiger partial charge in [0.15, 0.2) is 5.75 Å². The molecule has 6 nitrogen and oxygen atoms in total. The zero-order valence-electron chi connectivity index (χ0n) is 17.7. The highest BCUT2D eigenvalue weighted by atomic mass is 16.3. The number of hydrogen-bond acceptors (Lipinski definition) is 4. The van der Waals surface area contributed by atoms with Gasteiger partial charge in [0.25, 0.3) is 5.56 Å². The van der Waals surface area contributed by atoms with Crippen molar-refractivity contribution in [2.45, 2.75) is 6.92 Å². The smallest absolute Gasteiger partial charge is 0.260 e. The number of pyridine rings is 1. The first-order valence-corrected chi connectivity index (χ1v) is 10.3. The third-order valence-corrected chi connectivity index (χ3v) is 5.73. The van der Waals surface area contributed by atoms with Crippen molar-refractivity contribution in [3.8, 4) is 45.5 Å². The zero-order valence-corrected chi connectivity index (χ0v) is 17.7. The summed E-state index contributed by atoms with van der Waals surface area (Å²) < 4.78 is 1.80. The highest BCUT2D eigenvalue weighted by Gasteiger charge is 2.18. The van der Waals surface area contributed by atoms with E-state index in [9.17, 15) is 15.0 Å². The molecule has 0 aliphatic carbocycles. The average molecular weight is 433 g/mol. The SMILES string of the molecule is Cc1ccc(O)c(-c2ccc(-n3ccc4[nH]c(=O)c(-c5ccc(C#N)cc5)c(O)c43)cc2)c1. The van der Waals surface area contributed by atoms with E-state index in [0.717, 1.165) is 22.4 Å². The van der Waals surface area contributed by atoms with Crippen LogP contribution in [0.15, 0.2) is 83.8 Å². The lowest BCUT2D eigenvalue weighted by atomic mass is 10.0. The maximum atomic E-state index is 12.7. The molecule has 0 bridgehead atoms. The molecule has 0 unspecified atom stereocenters. The van der Waals surface area contributed by atoms with Crippen LogP contribution in [0.1, 0.15) is 11.1 Å². The standard InChI is InChI=1S/C27H19N3O3/c1-16-2-11-23(31)21(14-16)18-7-9-20(10-8-18)30-13-12-22-25(30)26(32)24(27(33)29-22)19-5-3-17(15-28)4-6-19/h2-14,31H,1H3,(H2,29,32,33). The van der Waals surface area contributed by atoms with E-state index in [0.29, 0.717) is 22.2 Å². The van der Waals surface area contributed by atoms with Gasteiger partial charge in [0.1, 0.15) is 11.3 Å². The number of nitriles is 1. The maximum Gasteiger partial charge on any atom is 0.260 e. The van der Waals surface area contributed by atoms with Crippen LogP contribution < -0.4 is 5.56 Å². The zero-order chi connectivity index (χ0) is 23.1. The van der Waals surface area contributed by atoms with Crippen LogP contribution in [-0.4, -0.2) is 19.8 Å². The topological polar surface area (TPSA) is 102 Å². The molecule has 0 fully saturated rings. The molecule has 0 spiro atoms. The largest absolute Gasteiger partial charge is 0.507 e. The van der Waals surface area contributed by atoms with E-state index in [-0.39, 0.29) is 17.1 Å². The van der Waals surface area contributed by atoms with E-state index in [4.69, 9.17) is 5.26 Å². The number of phenolic OH excluding ortho intramolecular Hbond substituents is 1. The Morgan fingerprint density at radius 3 is 2.30 bits per heavy atom. The summed E-state index contributed by atoms with van der Waals surface area (Å²) in [4.78, 5) is 15.5. The lowest BCUT2D eigenvalue weighted by Gasteiger charge is -2.11. The summed E-state index contributed by atoms with van der Waals surface area (Å²) in [5.74, 6) is 0.0749. The van der Waals surface area contributed by atoms with Crippen molar-refractivity contribution in [3.05, 3.63) is 100 Å². The number of benzene rings is 3. The number of nitrogens with one attached hydrogen (secondary N) is 1. The van der Waals surface area contributed by atoms with E-state index < -0.39 is 5.56 Å². The number of H-pyrrole nitrogens is 1. The van der Waals surface area contributed by atoms with Gasteiger partial charge in [0.05, 0.1) is 22.7 Å². The van der Waals surface area contributed by atoms with Crippen molar-refractivity contribution in [2.24, 2.45) is 0 Å². The molecule has 3 N–H and O–H groups in total. The molecule has 5 aromatic rings. The highest BCUT2D eigenvalue weighted by molar-refractivity contribution is 5.91.